The number of anilines is 1. The zero-order valence-corrected chi connectivity index (χ0v) is 14.4. The second-order valence-electron chi connectivity index (χ2n) is 6.65. The molecule has 3 heterocycles. The van der Waals surface area contributed by atoms with E-state index in [1.807, 2.05) is 30.3 Å². The summed E-state index contributed by atoms with van der Waals surface area (Å²) in [7, 11) is 0. The lowest BCUT2D eigenvalue weighted by Gasteiger charge is -2.37. The molecule has 2 aliphatic rings. The molecule has 1 unspecified atom stereocenters. The number of nitrogen functional groups attached to an aromatic ring is 1. The van der Waals surface area contributed by atoms with Gasteiger partial charge in [0.05, 0.1) is 12.7 Å². The van der Waals surface area contributed by atoms with Crippen molar-refractivity contribution < 1.29 is 24.4 Å². The number of fused-ring (bicyclic) bond motifs is 1. The molecule has 6 atom stereocenters. The predicted molar refractivity (Wildman–Crippen MR) is 93.5 cm³/mol. The van der Waals surface area contributed by atoms with Crippen LogP contribution in [0.15, 0.2) is 47.4 Å². The molecule has 9 heteroatoms. The Balaban J connectivity index is 1.58. The van der Waals surface area contributed by atoms with Gasteiger partial charge in [0.15, 0.2) is 12.5 Å². The Hall–Kier alpha value is -2.30. The van der Waals surface area contributed by atoms with Crippen molar-refractivity contribution in [1.29, 1.82) is 0 Å². The number of hydrogen-bond donors (Lipinski definition) is 3. The van der Waals surface area contributed by atoms with Crippen LogP contribution < -0.4 is 11.4 Å². The molecule has 2 fully saturated rings. The van der Waals surface area contributed by atoms with Crippen LogP contribution in [0, 0.1) is 0 Å². The molecule has 0 spiro atoms. The summed E-state index contributed by atoms with van der Waals surface area (Å²) in [6, 6.07) is 10.8. The van der Waals surface area contributed by atoms with E-state index < -0.39 is 42.6 Å². The maximum atomic E-state index is 12.1. The van der Waals surface area contributed by atoms with Crippen molar-refractivity contribution in [1.82, 2.24) is 9.55 Å². The largest absolute Gasteiger partial charge is 0.390 e. The molecular weight excluding hydrogens is 354 g/mol. The van der Waals surface area contributed by atoms with Gasteiger partial charge >= 0.3 is 5.69 Å². The minimum Gasteiger partial charge on any atom is -0.390 e. The topological polar surface area (TPSA) is 129 Å². The van der Waals surface area contributed by atoms with E-state index in [2.05, 4.69) is 4.98 Å². The minimum atomic E-state index is -1.13. The van der Waals surface area contributed by atoms with Crippen LogP contribution in [-0.4, -0.2) is 50.8 Å². The van der Waals surface area contributed by atoms with Crippen molar-refractivity contribution in [3.8, 4) is 0 Å². The third-order valence-electron chi connectivity index (χ3n) is 4.76. The summed E-state index contributed by atoms with van der Waals surface area (Å²) >= 11 is 0. The maximum Gasteiger partial charge on any atom is 0.351 e. The standard InChI is InChI=1S/C18H21N3O6/c19-14-6-7-21(18(24)20-14)16-12(23)8-11(22)15-13(26-16)9-25-17(27-15)10-4-2-1-3-5-10/h1-7,11-13,15-17,22-23H,8-9H2,(H2,19,20,24)/t11-,12-,13-,15+,16-,17?/m1/s1. The number of aromatic nitrogens is 2. The van der Waals surface area contributed by atoms with E-state index in [1.165, 1.54) is 12.3 Å². The SMILES string of the molecule is Nc1ccn([C@@H]2O[C@@H]3COC(c4ccccc4)O[C@H]3[C@H](O)C[C@H]2O)c(=O)n1. The molecule has 2 saturated heterocycles. The van der Waals surface area contributed by atoms with E-state index in [4.69, 9.17) is 19.9 Å². The Bertz CT molecular complexity index is 844. The second kappa shape index (κ2) is 7.37. The van der Waals surface area contributed by atoms with Crippen molar-refractivity contribution in [2.75, 3.05) is 12.3 Å². The Morgan fingerprint density at radius 3 is 2.63 bits per heavy atom. The molecular formula is C18H21N3O6. The van der Waals surface area contributed by atoms with Crippen molar-refractivity contribution in [3.05, 3.63) is 58.6 Å². The summed E-state index contributed by atoms with van der Waals surface area (Å²) in [5.41, 5.74) is 5.69. The molecule has 4 rings (SSSR count). The van der Waals surface area contributed by atoms with Gasteiger partial charge in [-0.2, -0.15) is 4.98 Å². The van der Waals surface area contributed by atoms with Crippen LogP contribution in [0.3, 0.4) is 0 Å². The molecule has 2 aliphatic heterocycles. The minimum absolute atomic E-state index is 0.0237. The molecule has 27 heavy (non-hydrogen) atoms. The monoisotopic (exact) mass is 375 g/mol. The van der Waals surface area contributed by atoms with Crippen molar-refractivity contribution >= 4 is 5.82 Å². The van der Waals surface area contributed by atoms with Crippen LogP contribution in [0.25, 0.3) is 0 Å². The lowest BCUT2D eigenvalue weighted by atomic mass is 10.0. The first kappa shape index (κ1) is 18.1. The first-order chi connectivity index (χ1) is 13.0. The summed E-state index contributed by atoms with van der Waals surface area (Å²) < 4.78 is 18.7. The molecule has 9 nitrogen and oxygen atoms in total. The highest BCUT2D eigenvalue weighted by atomic mass is 16.7. The summed E-state index contributed by atoms with van der Waals surface area (Å²) in [4.78, 5) is 15.8. The Kier molecular flexibility index (Phi) is 4.94. The van der Waals surface area contributed by atoms with Gasteiger partial charge in [-0.25, -0.2) is 4.79 Å². The Morgan fingerprint density at radius 1 is 1.11 bits per heavy atom. The van der Waals surface area contributed by atoms with Crippen LogP contribution in [-0.2, 0) is 14.2 Å². The van der Waals surface area contributed by atoms with Gasteiger partial charge in [-0.15, -0.1) is 0 Å². The number of benzene rings is 1. The smallest absolute Gasteiger partial charge is 0.351 e. The molecule has 2 aromatic rings. The van der Waals surface area contributed by atoms with Gasteiger partial charge in [0.1, 0.15) is 24.1 Å². The first-order valence-electron chi connectivity index (χ1n) is 8.71. The highest BCUT2D eigenvalue weighted by Gasteiger charge is 2.45. The molecule has 0 saturated carbocycles. The van der Waals surface area contributed by atoms with Gasteiger partial charge in [0.2, 0.25) is 0 Å². The number of aliphatic hydroxyl groups is 2. The average Bonchev–Trinajstić information content (AvgIpc) is 2.78. The van der Waals surface area contributed by atoms with Crippen LogP contribution >= 0.6 is 0 Å². The molecule has 1 aromatic carbocycles. The lowest BCUT2D eigenvalue weighted by molar-refractivity contribution is -0.288. The summed E-state index contributed by atoms with van der Waals surface area (Å²) in [6.07, 6.45) is -3.77. The van der Waals surface area contributed by atoms with Crippen LogP contribution in [0.5, 0.6) is 0 Å². The molecule has 4 N–H and O–H groups in total. The number of nitrogens with zero attached hydrogens (tertiary/aromatic N) is 2. The normalized spacial score (nSPS) is 33.9. The molecule has 0 aliphatic carbocycles. The van der Waals surface area contributed by atoms with E-state index >= 15 is 0 Å². The van der Waals surface area contributed by atoms with Crippen LogP contribution in [0.1, 0.15) is 24.5 Å². The van der Waals surface area contributed by atoms with E-state index in [1.54, 1.807) is 0 Å². The molecule has 144 valence electrons. The second-order valence-corrected chi connectivity index (χ2v) is 6.65. The molecule has 0 radical (unpaired) electrons. The molecule has 0 bridgehead atoms. The number of aliphatic hydroxyl groups excluding tert-OH is 2. The predicted octanol–water partition coefficient (Wildman–Crippen LogP) is -0.0510. The fraction of sp³-hybridized carbons (Fsp3) is 0.444. The van der Waals surface area contributed by atoms with Crippen LogP contribution in [0.2, 0.25) is 0 Å². The fourth-order valence-corrected chi connectivity index (χ4v) is 3.43. The molecule has 0 amide bonds. The van der Waals surface area contributed by atoms with Gasteiger partial charge in [0.25, 0.3) is 0 Å². The zero-order valence-electron chi connectivity index (χ0n) is 14.4. The van der Waals surface area contributed by atoms with Gasteiger partial charge in [-0.05, 0) is 6.07 Å². The zero-order chi connectivity index (χ0) is 19.0. The summed E-state index contributed by atoms with van der Waals surface area (Å²) in [5, 5.41) is 21.1. The molecule has 1 aromatic heterocycles. The van der Waals surface area contributed by atoms with Gasteiger partial charge in [-0.1, -0.05) is 30.3 Å². The van der Waals surface area contributed by atoms with Gasteiger partial charge in [0, 0.05) is 18.2 Å². The third-order valence-corrected chi connectivity index (χ3v) is 4.76. The van der Waals surface area contributed by atoms with E-state index in [0.717, 1.165) is 10.1 Å². The highest BCUT2D eigenvalue weighted by Crippen LogP contribution is 2.35. The number of hydrogen-bond acceptors (Lipinski definition) is 8. The van der Waals surface area contributed by atoms with E-state index in [9.17, 15) is 15.0 Å². The van der Waals surface area contributed by atoms with Crippen molar-refractivity contribution in [2.24, 2.45) is 0 Å². The highest BCUT2D eigenvalue weighted by molar-refractivity contribution is 5.23. The van der Waals surface area contributed by atoms with Crippen LogP contribution in [0.4, 0.5) is 5.82 Å². The summed E-state index contributed by atoms with van der Waals surface area (Å²) in [6.45, 7) is 0.141. The van der Waals surface area contributed by atoms with E-state index in [0.29, 0.717) is 0 Å². The van der Waals surface area contributed by atoms with E-state index in [-0.39, 0.29) is 18.8 Å². The lowest BCUT2D eigenvalue weighted by Crippen LogP contribution is -2.48. The summed E-state index contributed by atoms with van der Waals surface area (Å²) in [5.74, 6) is 0.0762. The number of rotatable bonds is 2. The van der Waals surface area contributed by atoms with Crippen molar-refractivity contribution in [2.45, 2.75) is 43.4 Å². The Labute approximate surface area is 154 Å². The first-order valence-corrected chi connectivity index (χ1v) is 8.71. The number of nitrogens with two attached hydrogens (primary N) is 1. The third kappa shape index (κ3) is 3.60. The Morgan fingerprint density at radius 2 is 1.89 bits per heavy atom. The maximum absolute atomic E-state index is 12.1. The quantitative estimate of drug-likeness (QED) is 0.666. The van der Waals surface area contributed by atoms with Gasteiger partial charge < -0.3 is 30.2 Å². The van der Waals surface area contributed by atoms with Gasteiger partial charge in [-0.3, -0.25) is 4.57 Å². The number of ether oxygens (including phenoxy) is 3. The average molecular weight is 375 g/mol. The fourth-order valence-electron chi connectivity index (χ4n) is 3.43. The van der Waals surface area contributed by atoms with Crippen molar-refractivity contribution in [3.63, 3.8) is 0 Å².